The van der Waals surface area contributed by atoms with Crippen molar-refractivity contribution in [1.29, 1.82) is 0 Å². The van der Waals surface area contributed by atoms with Crippen LogP contribution in [0.2, 0.25) is 0 Å². The van der Waals surface area contributed by atoms with Crippen molar-refractivity contribution in [3.63, 3.8) is 0 Å². The first kappa shape index (κ1) is 31.1. The summed E-state index contributed by atoms with van der Waals surface area (Å²) in [6.07, 6.45) is 0. The molecule has 1 saturated heterocycles. The second-order valence-electron chi connectivity index (χ2n) is 10.5. The standard InChI is InChI=1S/C31H38N4O6S2/c1-5-33(6-2)22-9-12-25-28(19-22)41-29-20-23(34(7-3)8-4)10-13-26(29)31(25)27-14-11-24(21-30(27)43(38,39)40)42(36,37)35-17-15-32-16-18-35/h9-14,19-21,32H,5-8,15-18H2,1-4H3/p+1. The van der Waals surface area contributed by atoms with E-state index in [-0.39, 0.29) is 23.5 Å². The van der Waals surface area contributed by atoms with E-state index in [2.05, 4.69) is 42.5 Å². The predicted molar refractivity (Wildman–Crippen MR) is 170 cm³/mol. The minimum absolute atomic E-state index is 0.187. The highest BCUT2D eigenvalue weighted by atomic mass is 32.2. The van der Waals surface area contributed by atoms with Gasteiger partial charge in [0.15, 0.2) is 0 Å². The van der Waals surface area contributed by atoms with Crippen LogP contribution < -0.4 is 20.1 Å². The zero-order valence-corrected chi connectivity index (χ0v) is 26.6. The molecule has 3 aliphatic rings. The second-order valence-corrected chi connectivity index (χ2v) is 13.8. The van der Waals surface area contributed by atoms with E-state index in [0.29, 0.717) is 40.9 Å². The average Bonchev–Trinajstić information content (AvgIpc) is 3.00. The number of sulfonamides is 1. The second kappa shape index (κ2) is 12.4. The number of piperazine rings is 1. The average molecular weight is 628 g/mol. The van der Waals surface area contributed by atoms with Gasteiger partial charge in [-0.25, -0.2) is 13.0 Å². The summed E-state index contributed by atoms with van der Waals surface area (Å²) in [5, 5.41) is 4.72. The Hall–Kier alpha value is -3.29. The number of nitrogens with zero attached hydrogens (tertiary/aromatic N) is 3. The lowest BCUT2D eigenvalue weighted by molar-refractivity contribution is 0.360. The van der Waals surface area contributed by atoms with Gasteiger partial charge in [-0.15, -0.1) is 0 Å². The summed E-state index contributed by atoms with van der Waals surface area (Å²) in [5.41, 5.74) is 2.87. The molecule has 2 heterocycles. The smallest absolute Gasteiger partial charge is 0.295 e. The van der Waals surface area contributed by atoms with Gasteiger partial charge >= 0.3 is 0 Å². The van der Waals surface area contributed by atoms with E-state index in [4.69, 9.17) is 4.42 Å². The van der Waals surface area contributed by atoms with Gasteiger partial charge in [0.05, 0.1) is 11.0 Å². The van der Waals surface area contributed by atoms with Crippen molar-refractivity contribution in [3.8, 4) is 22.5 Å². The maximum atomic E-state index is 13.5. The van der Waals surface area contributed by atoms with Crippen molar-refractivity contribution in [2.24, 2.45) is 0 Å². The minimum Gasteiger partial charge on any atom is -0.456 e. The first-order chi connectivity index (χ1) is 20.5. The van der Waals surface area contributed by atoms with Crippen molar-refractivity contribution in [1.82, 2.24) is 14.2 Å². The molecule has 12 heteroatoms. The topological polar surface area (TPSA) is 123 Å². The summed E-state index contributed by atoms with van der Waals surface area (Å²) in [6.45, 7) is 13.0. The Morgan fingerprint density at radius 2 is 1.56 bits per heavy atom. The molecule has 2 aromatic carbocycles. The van der Waals surface area contributed by atoms with Crippen molar-refractivity contribution in [2.45, 2.75) is 37.5 Å². The monoisotopic (exact) mass is 627 g/mol. The van der Waals surface area contributed by atoms with Crippen LogP contribution in [0.5, 0.6) is 0 Å². The van der Waals surface area contributed by atoms with E-state index in [1.165, 1.54) is 16.4 Å². The highest BCUT2D eigenvalue weighted by Crippen LogP contribution is 2.43. The number of hydrogen-bond acceptors (Lipinski definition) is 7. The Morgan fingerprint density at radius 1 is 0.884 bits per heavy atom. The van der Waals surface area contributed by atoms with Gasteiger partial charge in [0.25, 0.3) is 10.1 Å². The summed E-state index contributed by atoms with van der Waals surface area (Å²) >= 11 is 0. The largest absolute Gasteiger partial charge is 0.456 e. The van der Waals surface area contributed by atoms with E-state index in [0.717, 1.165) is 43.3 Å². The molecule has 0 radical (unpaired) electrons. The number of fused-ring (bicyclic) bond motifs is 2. The molecule has 2 aromatic rings. The van der Waals surface area contributed by atoms with E-state index >= 15 is 0 Å². The van der Waals surface area contributed by atoms with Crippen LogP contribution in [0, 0.1) is 0 Å². The first-order valence-electron chi connectivity index (χ1n) is 14.7. The Morgan fingerprint density at radius 3 is 2.19 bits per heavy atom. The van der Waals surface area contributed by atoms with Gasteiger partial charge in [-0.2, -0.15) is 12.7 Å². The highest BCUT2D eigenvalue weighted by molar-refractivity contribution is 7.89. The number of rotatable bonds is 9. The van der Waals surface area contributed by atoms with E-state index in [1.54, 1.807) is 0 Å². The van der Waals surface area contributed by atoms with Gasteiger partial charge in [0.1, 0.15) is 29.3 Å². The third-order valence-corrected chi connectivity index (χ3v) is 10.9. The minimum atomic E-state index is -4.83. The molecule has 2 aliphatic heterocycles. The Kier molecular flexibility index (Phi) is 8.96. The molecular formula is C31H39N4O6S2+. The van der Waals surface area contributed by atoms with Crippen molar-refractivity contribution >= 4 is 36.8 Å². The van der Waals surface area contributed by atoms with Crippen LogP contribution in [0.15, 0.2) is 68.8 Å². The molecule has 5 rings (SSSR count). The summed E-state index contributed by atoms with van der Waals surface area (Å²) < 4.78 is 73.1. The van der Waals surface area contributed by atoms with Crippen LogP contribution in [0.3, 0.4) is 0 Å². The van der Waals surface area contributed by atoms with Crippen LogP contribution >= 0.6 is 0 Å². The molecule has 0 atom stereocenters. The molecule has 1 aliphatic carbocycles. The first-order valence-corrected chi connectivity index (χ1v) is 17.6. The fourth-order valence-electron chi connectivity index (χ4n) is 5.85. The fourth-order valence-corrected chi connectivity index (χ4v) is 8.11. The molecule has 43 heavy (non-hydrogen) atoms. The summed E-state index contributed by atoms with van der Waals surface area (Å²) in [5.74, 6) is 0.544. The van der Waals surface area contributed by atoms with Gasteiger partial charge in [-0.05, 0) is 58.0 Å². The molecule has 0 saturated carbocycles. The van der Waals surface area contributed by atoms with Crippen molar-refractivity contribution < 1.29 is 25.8 Å². The Bertz CT molecular complexity index is 1900. The van der Waals surface area contributed by atoms with Crippen molar-refractivity contribution in [3.05, 3.63) is 60.0 Å². The van der Waals surface area contributed by atoms with E-state index in [1.807, 2.05) is 36.4 Å². The molecule has 0 bridgehead atoms. The summed E-state index contributed by atoms with van der Waals surface area (Å²) in [7, 11) is -8.82. The van der Waals surface area contributed by atoms with Gasteiger partial charge in [-0.3, -0.25) is 4.55 Å². The lowest BCUT2D eigenvalue weighted by atomic mass is 9.93. The van der Waals surface area contributed by atoms with Crippen LogP contribution in [0.25, 0.3) is 33.4 Å². The van der Waals surface area contributed by atoms with Gasteiger partial charge in [0.2, 0.25) is 15.4 Å². The molecule has 0 unspecified atom stereocenters. The van der Waals surface area contributed by atoms with Crippen LogP contribution in [-0.2, 0) is 20.1 Å². The lowest BCUT2D eigenvalue weighted by Gasteiger charge is -2.27. The molecule has 0 spiro atoms. The third-order valence-electron chi connectivity index (χ3n) is 8.16. The number of hydrogen-bond donors (Lipinski definition) is 2. The molecule has 2 N–H and O–H groups in total. The normalized spacial score (nSPS) is 14.8. The fraction of sp³-hybridized carbons (Fsp3) is 0.387. The molecular weight excluding hydrogens is 588 g/mol. The molecule has 230 valence electrons. The third kappa shape index (κ3) is 5.94. The van der Waals surface area contributed by atoms with Crippen LogP contribution in [0.1, 0.15) is 27.7 Å². The number of benzene rings is 3. The van der Waals surface area contributed by atoms with Crippen molar-refractivity contribution in [2.75, 3.05) is 57.3 Å². The summed E-state index contributed by atoms with van der Waals surface area (Å²) in [6, 6.07) is 15.5. The van der Waals surface area contributed by atoms with E-state index in [9.17, 15) is 21.4 Å². The Labute approximate surface area is 253 Å². The van der Waals surface area contributed by atoms with Gasteiger partial charge < -0.3 is 14.6 Å². The molecule has 1 fully saturated rings. The highest BCUT2D eigenvalue weighted by Gasteiger charge is 2.30. The van der Waals surface area contributed by atoms with Crippen LogP contribution in [0.4, 0.5) is 5.69 Å². The van der Waals surface area contributed by atoms with Gasteiger partial charge in [-0.1, -0.05) is 6.07 Å². The summed E-state index contributed by atoms with van der Waals surface area (Å²) in [4.78, 5) is 1.52. The molecule has 0 amide bonds. The predicted octanol–water partition coefficient (Wildman–Crippen LogP) is 3.70. The number of anilines is 1. The van der Waals surface area contributed by atoms with Crippen LogP contribution in [-0.4, -0.2) is 78.1 Å². The molecule has 0 aromatic heterocycles. The SMILES string of the molecule is CCN(CC)c1ccc2c(-c3ccc(S(=O)(=O)N4CCNCC4)cc3S(=O)(=O)O)c3ccc(=[N+](CC)CC)cc-3oc2c1. The van der Waals surface area contributed by atoms with E-state index < -0.39 is 25.0 Å². The maximum absolute atomic E-state index is 13.5. The zero-order chi connectivity index (χ0) is 30.9. The molecule has 10 nitrogen and oxygen atoms in total. The van der Waals surface area contributed by atoms with Gasteiger partial charge in [0, 0.05) is 79.2 Å². The quantitative estimate of drug-likeness (QED) is 0.164. The lowest BCUT2D eigenvalue weighted by Crippen LogP contribution is -2.46. The zero-order valence-electron chi connectivity index (χ0n) is 25.0. The Balaban J connectivity index is 1.84. The number of nitrogens with one attached hydrogen (secondary N) is 1. The maximum Gasteiger partial charge on any atom is 0.295 e.